The normalized spacial score (nSPS) is 11.3. The first kappa shape index (κ1) is 10.9. The number of carbonyl (C=O) groups is 1. The van der Waals surface area contributed by atoms with Crippen LogP contribution in [0.15, 0.2) is 4.99 Å². The van der Waals surface area contributed by atoms with Crippen molar-refractivity contribution in [3.8, 4) is 0 Å². The van der Waals surface area contributed by atoms with E-state index < -0.39 is 5.97 Å². The van der Waals surface area contributed by atoms with Gasteiger partial charge >= 0.3 is 5.97 Å². The summed E-state index contributed by atoms with van der Waals surface area (Å²) < 4.78 is 0. The number of rotatable bonds is 5. The average Bonchev–Trinajstić information content (AvgIpc) is 2.04. The molecule has 6 heteroatoms. The molecule has 0 saturated heterocycles. The molecule has 0 aromatic rings. The molecule has 0 amide bonds. The molecule has 0 rings (SSSR count). The summed E-state index contributed by atoms with van der Waals surface area (Å²) in [6.45, 7) is 0.673. The van der Waals surface area contributed by atoms with E-state index in [0.717, 1.165) is 0 Å². The van der Waals surface area contributed by atoms with Crippen LogP contribution in [0.2, 0.25) is 0 Å². The van der Waals surface area contributed by atoms with E-state index in [2.05, 4.69) is 10.4 Å². The standard InChI is InChI=1S/C6H14N4O2/c7-4-5(10-8)9-3-1-2-6(11)12/h1-4,7-8H2,(H,9,10)(H,11,12). The lowest BCUT2D eigenvalue weighted by molar-refractivity contribution is -0.137. The number of aliphatic carboxylic acids is 1. The van der Waals surface area contributed by atoms with Gasteiger partial charge < -0.3 is 16.3 Å². The second-order valence-electron chi connectivity index (χ2n) is 2.17. The summed E-state index contributed by atoms with van der Waals surface area (Å²) in [6, 6.07) is 0. The molecule has 12 heavy (non-hydrogen) atoms. The van der Waals surface area contributed by atoms with Crippen molar-refractivity contribution < 1.29 is 9.90 Å². The molecule has 6 N–H and O–H groups in total. The Labute approximate surface area is 70.6 Å². The number of carboxylic acid groups (broad SMARTS) is 1. The smallest absolute Gasteiger partial charge is 0.303 e. The number of hydrazine groups is 1. The fourth-order valence-corrected chi connectivity index (χ4v) is 0.613. The van der Waals surface area contributed by atoms with Crippen molar-refractivity contribution in [2.45, 2.75) is 12.8 Å². The van der Waals surface area contributed by atoms with E-state index in [-0.39, 0.29) is 13.0 Å². The first-order chi connectivity index (χ1) is 5.70. The average molecular weight is 174 g/mol. The van der Waals surface area contributed by atoms with Gasteiger partial charge in [0, 0.05) is 13.0 Å². The molecule has 0 aliphatic carbocycles. The van der Waals surface area contributed by atoms with Crippen LogP contribution in [-0.4, -0.2) is 30.0 Å². The highest BCUT2D eigenvalue weighted by molar-refractivity contribution is 5.83. The summed E-state index contributed by atoms with van der Waals surface area (Å²) in [6.07, 6.45) is 0.617. The first-order valence-electron chi connectivity index (χ1n) is 3.62. The number of nitrogens with zero attached hydrogens (tertiary/aromatic N) is 1. The predicted molar refractivity (Wildman–Crippen MR) is 45.5 cm³/mol. The molecule has 70 valence electrons. The molecule has 0 bridgehead atoms. The van der Waals surface area contributed by atoms with Crippen LogP contribution in [0.4, 0.5) is 0 Å². The lowest BCUT2D eigenvalue weighted by Gasteiger charge is -2.00. The van der Waals surface area contributed by atoms with Crippen LogP contribution in [0.5, 0.6) is 0 Å². The number of aliphatic imine (C=N–C) groups is 1. The SMILES string of the molecule is NCC(=NCCCC(=O)O)NN. The van der Waals surface area contributed by atoms with Crippen molar-refractivity contribution in [2.24, 2.45) is 16.6 Å². The Bertz CT molecular complexity index is 163. The van der Waals surface area contributed by atoms with Crippen LogP contribution < -0.4 is 17.0 Å². The molecule has 0 radical (unpaired) electrons. The van der Waals surface area contributed by atoms with Crippen LogP contribution in [0.3, 0.4) is 0 Å². The van der Waals surface area contributed by atoms with Crippen LogP contribution >= 0.6 is 0 Å². The van der Waals surface area contributed by atoms with Crippen molar-refractivity contribution in [3.63, 3.8) is 0 Å². The number of amidine groups is 1. The maximum absolute atomic E-state index is 10.1. The fraction of sp³-hybridized carbons (Fsp3) is 0.667. The molecule has 6 nitrogen and oxygen atoms in total. The Balaban J connectivity index is 3.51. The largest absolute Gasteiger partial charge is 0.481 e. The third-order valence-corrected chi connectivity index (χ3v) is 1.21. The monoisotopic (exact) mass is 174 g/mol. The zero-order valence-electron chi connectivity index (χ0n) is 6.79. The zero-order valence-corrected chi connectivity index (χ0v) is 6.79. The number of hydrogen-bond acceptors (Lipinski definition) is 4. The number of nitrogens with one attached hydrogen (secondary N) is 1. The third-order valence-electron chi connectivity index (χ3n) is 1.21. The van der Waals surface area contributed by atoms with Gasteiger partial charge in [-0.3, -0.25) is 9.79 Å². The predicted octanol–water partition coefficient (Wildman–Crippen LogP) is -1.33. The van der Waals surface area contributed by atoms with Gasteiger partial charge in [-0.1, -0.05) is 0 Å². The third kappa shape index (κ3) is 5.63. The zero-order chi connectivity index (χ0) is 9.40. The molecule has 0 fully saturated rings. The molecule has 0 atom stereocenters. The quantitative estimate of drug-likeness (QED) is 0.136. The molecule has 0 saturated carbocycles. The number of nitrogens with two attached hydrogens (primary N) is 2. The van der Waals surface area contributed by atoms with Crippen molar-refractivity contribution in [3.05, 3.63) is 0 Å². The summed E-state index contributed by atoms with van der Waals surface area (Å²) in [4.78, 5) is 14.0. The minimum Gasteiger partial charge on any atom is -0.481 e. The second-order valence-corrected chi connectivity index (χ2v) is 2.17. The van der Waals surface area contributed by atoms with Gasteiger partial charge in [-0.15, -0.1) is 0 Å². The summed E-state index contributed by atoms with van der Waals surface area (Å²) in [5.41, 5.74) is 7.55. The van der Waals surface area contributed by atoms with E-state index in [0.29, 0.717) is 18.8 Å². The van der Waals surface area contributed by atoms with E-state index in [1.807, 2.05) is 0 Å². The molecule has 0 aliphatic heterocycles. The van der Waals surface area contributed by atoms with Crippen LogP contribution in [0.25, 0.3) is 0 Å². The van der Waals surface area contributed by atoms with E-state index in [4.69, 9.17) is 16.7 Å². The van der Waals surface area contributed by atoms with E-state index in [9.17, 15) is 4.79 Å². The fourth-order valence-electron chi connectivity index (χ4n) is 0.613. The van der Waals surface area contributed by atoms with Crippen LogP contribution in [0, 0.1) is 0 Å². The van der Waals surface area contributed by atoms with Gasteiger partial charge in [0.05, 0.1) is 6.54 Å². The van der Waals surface area contributed by atoms with Gasteiger partial charge in [0.25, 0.3) is 0 Å². The summed E-state index contributed by atoms with van der Waals surface area (Å²) in [5.74, 6) is 4.72. The van der Waals surface area contributed by atoms with Crippen molar-refractivity contribution in [1.82, 2.24) is 5.43 Å². The van der Waals surface area contributed by atoms with Gasteiger partial charge in [-0.05, 0) is 6.42 Å². The maximum atomic E-state index is 10.1. The minimum atomic E-state index is -0.819. The molecule has 0 heterocycles. The van der Waals surface area contributed by atoms with Crippen molar-refractivity contribution in [2.75, 3.05) is 13.1 Å². The van der Waals surface area contributed by atoms with Crippen LogP contribution in [0.1, 0.15) is 12.8 Å². The molecule has 0 aliphatic rings. The van der Waals surface area contributed by atoms with E-state index in [1.165, 1.54) is 0 Å². The Morgan fingerprint density at radius 2 is 2.25 bits per heavy atom. The Hall–Kier alpha value is -1.14. The van der Waals surface area contributed by atoms with Crippen LogP contribution in [-0.2, 0) is 4.79 Å². The first-order valence-corrected chi connectivity index (χ1v) is 3.62. The summed E-state index contributed by atoms with van der Waals surface area (Å²) in [5, 5.41) is 8.28. The lowest BCUT2D eigenvalue weighted by Crippen LogP contribution is -2.36. The maximum Gasteiger partial charge on any atom is 0.303 e. The van der Waals surface area contributed by atoms with Gasteiger partial charge in [0.2, 0.25) is 0 Å². The van der Waals surface area contributed by atoms with Gasteiger partial charge in [-0.25, -0.2) is 5.84 Å². The van der Waals surface area contributed by atoms with E-state index >= 15 is 0 Å². The molecular formula is C6H14N4O2. The number of hydrogen-bond donors (Lipinski definition) is 4. The lowest BCUT2D eigenvalue weighted by atomic mass is 10.3. The summed E-state index contributed by atoms with van der Waals surface area (Å²) >= 11 is 0. The second kappa shape index (κ2) is 6.56. The highest BCUT2D eigenvalue weighted by Crippen LogP contribution is 1.88. The minimum absolute atomic E-state index is 0.117. The van der Waals surface area contributed by atoms with Gasteiger partial charge in [0.1, 0.15) is 5.84 Å². The highest BCUT2D eigenvalue weighted by Gasteiger charge is 1.95. The molecule has 0 unspecified atom stereocenters. The number of carboxylic acids is 1. The molecule has 0 aromatic carbocycles. The van der Waals surface area contributed by atoms with Gasteiger partial charge in [-0.2, -0.15) is 0 Å². The Kier molecular flexibility index (Phi) is 5.94. The van der Waals surface area contributed by atoms with E-state index in [1.54, 1.807) is 0 Å². The molecule has 0 aromatic heterocycles. The van der Waals surface area contributed by atoms with Crippen molar-refractivity contribution >= 4 is 11.8 Å². The summed E-state index contributed by atoms with van der Waals surface area (Å²) in [7, 11) is 0. The molecular weight excluding hydrogens is 160 g/mol. The highest BCUT2D eigenvalue weighted by atomic mass is 16.4. The van der Waals surface area contributed by atoms with Gasteiger partial charge in [0.15, 0.2) is 0 Å². The molecule has 0 spiro atoms. The Morgan fingerprint density at radius 1 is 1.58 bits per heavy atom. The Morgan fingerprint density at radius 3 is 2.67 bits per heavy atom. The van der Waals surface area contributed by atoms with Crippen molar-refractivity contribution in [1.29, 1.82) is 0 Å². The topological polar surface area (TPSA) is 114 Å².